The zero-order valence-electron chi connectivity index (χ0n) is 10.9. The highest BCUT2D eigenvalue weighted by Gasteiger charge is 2.09. The Morgan fingerprint density at radius 1 is 1.15 bits per heavy atom. The second-order valence-electron chi connectivity index (χ2n) is 4.62. The lowest BCUT2D eigenvalue weighted by molar-refractivity contribution is 0.627. The van der Waals surface area contributed by atoms with E-state index in [0.717, 1.165) is 33.1 Å². The molecular weight excluding hydrogens is 271 g/mol. The second kappa shape index (κ2) is 5.06. The van der Waals surface area contributed by atoms with E-state index in [4.69, 9.17) is 5.73 Å². The maximum Gasteiger partial charge on any atom is 0.124 e. The van der Waals surface area contributed by atoms with E-state index in [9.17, 15) is 4.39 Å². The van der Waals surface area contributed by atoms with Gasteiger partial charge in [0.05, 0.1) is 5.69 Å². The lowest BCUT2D eigenvalue weighted by atomic mass is 10.1. The zero-order valence-corrected chi connectivity index (χ0v) is 11.7. The van der Waals surface area contributed by atoms with E-state index in [1.54, 1.807) is 17.4 Å². The predicted molar refractivity (Wildman–Crippen MR) is 82.1 cm³/mol. The highest BCUT2D eigenvalue weighted by molar-refractivity contribution is 7.13. The van der Waals surface area contributed by atoms with E-state index in [1.165, 1.54) is 12.1 Å². The first-order valence-corrected chi connectivity index (χ1v) is 7.09. The van der Waals surface area contributed by atoms with Crippen molar-refractivity contribution in [1.29, 1.82) is 0 Å². The van der Waals surface area contributed by atoms with Crippen LogP contribution in [0.4, 0.5) is 10.1 Å². The van der Waals surface area contributed by atoms with Crippen LogP contribution < -0.4 is 5.73 Å². The number of nitrogens with zero attached hydrogens (tertiary/aromatic N) is 1. The van der Waals surface area contributed by atoms with E-state index >= 15 is 0 Å². The van der Waals surface area contributed by atoms with Gasteiger partial charge < -0.3 is 5.73 Å². The van der Waals surface area contributed by atoms with E-state index in [-0.39, 0.29) is 5.82 Å². The van der Waals surface area contributed by atoms with Gasteiger partial charge in [0.1, 0.15) is 10.8 Å². The molecule has 4 heteroatoms. The van der Waals surface area contributed by atoms with Gasteiger partial charge in [0.15, 0.2) is 0 Å². The SMILES string of the molecule is Cc1cc(F)ccc1-c1nc(-c2cccc(N)c2)cs1. The summed E-state index contributed by atoms with van der Waals surface area (Å²) in [6, 6.07) is 12.4. The summed E-state index contributed by atoms with van der Waals surface area (Å²) in [6.45, 7) is 1.89. The van der Waals surface area contributed by atoms with Gasteiger partial charge in [-0.2, -0.15) is 0 Å². The maximum atomic E-state index is 13.1. The third kappa shape index (κ3) is 2.42. The van der Waals surface area contributed by atoms with Crippen LogP contribution in [0.5, 0.6) is 0 Å². The van der Waals surface area contributed by atoms with Gasteiger partial charge in [-0.15, -0.1) is 11.3 Å². The van der Waals surface area contributed by atoms with Crippen LogP contribution in [0.15, 0.2) is 47.8 Å². The van der Waals surface area contributed by atoms with Crippen LogP contribution in [-0.2, 0) is 0 Å². The van der Waals surface area contributed by atoms with Gasteiger partial charge in [0.25, 0.3) is 0 Å². The molecule has 0 atom stereocenters. The molecule has 2 aromatic carbocycles. The molecule has 0 unspecified atom stereocenters. The highest BCUT2D eigenvalue weighted by Crippen LogP contribution is 2.31. The Bertz CT molecular complexity index is 765. The number of hydrogen-bond acceptors (Lipinski definition) is 3. The van der Waals surface area contributed by atoms with Crippen molar-refractivity contribution in [3.8, 4) is 21.8 Å². The second-order valence-corrected chi connectivity index (χ2v) is 5.48. The maximum absolute atomic E-state index is 13.1. The van der Waals surface area contributed by atoms with Crippen molar-refractivity contribution in [1.82, 2.24) is 4.98 Å². The quantitative estimate of drug-likeness (QED) is 0.703. The van der Waals surface area contributed by atoms with Crippen LogP contribution in [0, 0.1) is 12.7 Å². The van der Waals surface area contributed by atoms with Crippen molar-refractivity contribution in [2.24, 2.45) is 0 Å². The zero-order chi connectivity index (χ0) is 14.1. The Morgan fingerprint density at radius 3 is 2.75 bits per heavy atom. The molecule has 0 bridgehead atoms. The molecule has 1 aromatic heterocycles. The number of anilines is 1. The molecule has 0 aliphatic rings. The van der Waals surface area contributed by atoms with Crippen LogP contribution >= 0.6 is 11.3 Å². The number of thiazole rings is 1. The van der Waals surface area contributed by atoms with E-state index in [1.807, 2.05) is 36.6 Å². The number of rotatable bonds is 2. The number of benzene rings is 2. The molecule has 20 heavy (non-hydrogen) atoms. The van der Waals surface area contributed by atoms with Gasteiger partial charge in [-0.1, -0.05) is 12.1 Å². The first-order chi connectivity index (χ1) is 9.63. The molecule has 3 rings (SSSR count). The molecule has 0 aliphatic carbocycles. The lowest BCUT2D eigenvalue weighted by Gasteiger charge is -2.02. The van der Waals surface area contributed by atoms with E-state index in [2.05, 4.69) is 4.98 Å². The third-order valence-corrected chi connectivity index (χ3v) is 3.98. The molecule has 3 aromatic rings. The van der Waals surface area contributed by atoms with Crippen LogP contribution in [0.3, 0.4) is 0 Å². The van der Waals surface area contributed by atoms with E-state index in [0.29, 0.717) is 0 Å². The molecule has 0 spiro atoms. The lowest BCUT2D eigenvalue weighted by Crippen LogP contribution is -1.86. The Labute approximate surface area is 120 Å². The van der Waals surface area contributed by atoms with Gasteiger partial charge in [0, 0.05) is 22.2 Å². The fraction of sp³-hybridized carbons (Fsp3) is 0.0625. The van der Waals surface area contributed by atoms with Crippen molar-refractivity contribution in [3.63, 3.8) is 0 Å². The van der Waals surface area contributed by atoms with Crippen molar-refractivity contribution in [2.75, 3.05) is 5.73 Å². The van der Waals surface area contributed by atoms with Crippen molar-refractivity contribution in [3.05, 3.63) is 59.2 Å². The van der Waals surface area contributed by atoms with Gasteiger partial charge in [-0.3, -0.25) is 0 Å². The fourth-order valence-electron chi connectivity index (χ4n) is 2.10. The number of aromatic nitrogens is 1. The molecular formula is C16H13FN2S. The van der Waals surface area contributed by atoms with Crippen LogP contribution in [0.1, 0.15) is 5.56 Å². The Morgan fingerprint density at radius 2 is 2.00 bits per heavy atom. The molecule has 0 radical (unpaired) electrons. The Balaban J connectivity index is 2.02. The van der Waals surface area contributed by atoms with Crippen LogP contribution in [0.2, 0.25) is 0 Å². The molecule has 100 valence electrons. The molecule has 0 amide bonds. The first-order valence-electron chi connectivity index (χ1n) is 6.21. The minimum absolute atomic E-state index is 0.223. The average Bonchev–Trinajstić information content (AvgIpc) is 2.88. The van der Waals surface area contributed by atoms with Crippen LogP contribution in [-0.4, -0.2) is 4.98 Å². The smallest absolute Gasteiger partial charge is 0.124 e. The Hall–Kier alpha value is -2.20. The summed E-state index contributed by atoms with van der Waals surface area (Å²) >= 11 is 1.55. The molecule has 2 N–H and O–H groups in total. The number of hydrogen-bond donors (Lipinski definition) is 1. The minimum atomic E-state index is -0.223. The number of halogens is 1. The highest BCUT2D eigenvalue weighted by atomic mass is 32.1. The topological polar surface area (TPSA) is 38.9 Å². The van der Waals surface area contributed by atoms with Crippen molar-refractivity contribution in [2.45, 2.75) is 6.92 Å². The summed E-state index contributed by atoms with van der Waals surface area (Å²) < 4.78 is 13.1. The fourth-order valence-corrected chi connectivity index (χ4v) is 3.01. The standard InChI is InChI=1S/C16H13FN2S/c1-10-7-12(17)5-6-14(10)16-19-15(9-20-16)11-3-2-4-13(18)8-11/h2-9H,18H2,1H3. The van der Waals surface area contributed by atoms with Gasteiger partial charge >= 0.3 is 0 Å². The normalized spacial score (nSPS) is 10.7. The number of nitrogens with two attached hydrogens (primary N) is 1. The Kier molecular flexibility index (Phi) is 3.24. The summed E-state index contributed by atoms with van der Waals surface area (Å²) in [7, 11) is 0. The number of nitrogen functional groups attached to an aromatic ring is 1. The van der Waals surface area contributed by atoms with Gasteiger partial charge in [0.2, 0.25) is 0 Å². The van der Waals surface area contributed by atoms with Gasteiger partial charge in [-0.05, 0) is 42.8 Å². The molecule has 0 saturated carbocycles. The van der Waals surface area contributed by atoms with Crippen LogP contribution in [0.25, 0.3) is 21.8 Å². The average molecular weight is 284 g/mol. The van der Waals surface area contributed by atoms with Crippen molar-refractivity contribution < 1.29 is 4.39 Å². The third-order valence-electron chi connectivity index (χ3n) is 3.11. The van der Waals surface area contributed by atoms with Crippen molar-refractivity contribution >= 4 is 17.0 Å². The monoisotopic (exact) mass is 284 g/mol. The summed E-state index contributed by atoms with van der Waals surface area (Å²) in [5.41, 5.74) is 10.2. The molecule has 0 saturated heterocycles. The summed E-state index contributed by atoms with van der Waals surface area (Å²) in [5.74, 6) is -0.223. The minimum Gasteiger partial charge on any atom is -0.399 e. The molecule has 0 aliphatic heterocycles. The summed E-state index contributed by atoms with van der Waals surface area (Å²) in [4.78, 5) is 4.62. The molecule has 2 nitrogen and oxygen atoms in total. The van der Waals surface area contributed by atoms with E-state index < -0.39 is 0 Å². The molecule has 1 heterocycles. The summed E-state index contributed by atoms with van der Waals surface area (Å²) in [5, 5.41) is 2.88. The summed E-state index contributed by atoms with van der Waals surface area (Å²) in [6.07, 6.45) is 0. The first kappa shape index (κ1) is 12.8. The number of aryl methyl sites for hydroxylation is 1. The predicted octanol–water partition coefficient (Wildman–Crippen LogP) is 4.51. The van der Waals surface area contributed by atoms with Gasteiger partial charge in [-0.25, -0.2) is 9.37 Å². The largest absolute Gasteiger partial charge is 0.399 e. The molecule has 0 fully saturated rings.